The number of carbonyl (C=O) groups excluding carboxylic acids is 1. The van der Waals surface area contributed by atoms with Crippen LogP contribution in [0.5, 0.6) is 0 Å². The molecule has 0 bridgehead atoms. The van der Waals surface area contributed by atoms with Crippen molar-refractivity contribution >= 4 is 35.0 Å². The molecule has 1 aromatic carbocycles. The number of halogens is 1. The molecule has 0 N–H and O–H groups in total. The molecule has 0 atom stereocenters. The van der Waals surface area contributed by atoms with Gasteiger partial charge in [-0.2, -0.15) is 0 Å². The number of anilines is 1. The molecular formula is C18H23ClN4O2S. The van der Waals surface area contributed by atoms with Crippen LogP contribution in [-0.4, -0.2) is 52.9 Å². The van der Waals surface area contributed by atoms with Gasteiger partial charge in [-0.15, -0.1) is 10.2 Å². The highest BCUT2D eigenvalue weighted by Crippen LogP contribution is 2.25. The number of benzene rings is 1. The molecular weight excluding hydrogens is 372 g/mol. The first kappa shape index (κ1) is 19.0. The maximum absolute atomic E-state index is 12.4. The molecule has 1 aliphatic rings. The number of hydrogen-bond donors (Lipinski definition) is 0. The van der Waals surface area contributed by atoms with Crippen molar-refractivity contribution in [3.05, 3.63) is 35.2 Å². The number of thioether (sulfide) groups is 1. The van der Waals surface area contributed by atoms with Crippen molar-refractivity contribution < 1.29 is 9.21 Å². The van der Waals surface area contributed by atoms with E-state index in [0.29, 0.717) is 30.0 Å². The van der Waals surface area contributed by atoms with Gasteiger partial charge in [0.25, 0.3) is 5.22 Å². The van der Waals surface area contributed by atoms with Crippen LogP contribution >= 0.6 is 23.4 Å². The van der Waals surface area contributed by atoms with Gasteiger partial charge < -0.3 is 14.2 Å². The van der Waals surface area contributed by atoms with Crippen molar-refractivity contribution in [1.29, 1.82) is 0 Å². The zero-order chi connectivity index (χ0) is 18.7. The Hall–Kier alpha value is -1.73. The number of carbonyl (C=O) groups is 1. The summed E-state index contributed by atoms with van der Waals surface area (Å²) in [6.45, 7) is 9.03. The molecule has 6 nitrogen and oxygen atoms in total. The first-order chi connectivity index (χ1) is 12.3. The van der Waals surface area contributed by atoms with E-state index in [2.05, 4.69) is 15.1 Å². The summed E-state index contributed by atoms with van der Waals surface area (Å²) < 4.78 is 5.62. The van der Waals surface area contributed by atoms with Crippen LogP contribution < -0.4 is 4.90 Å². The second kappa shape index (κ2) is 7.88. The minimum Gasteiger partial charge on any atom is -0.415 e. The van der Waals surface area contributed by atoms with Crippen LogP contribution in [-0.2, 0) is 10.2 Å². The van der Waals surface area contributed by atoms with Gasteiger partial charge in [0.05, 0.1) is 5.75 Å². The molecule has 0 aliphatic carbocycles. The summed E-state index contributed by atoms with van der Waals surface area (Å²) in [6, 6.07) is 7.81. The zero-order valence-electron chi connectivity index (χ0n) is 15.2. The monoisotopic (exact) mass is 394 g/mol. The second-order valence-electron chi connectivity index (χ2n) is 7.26. The molecule has 3 rings (SSSR count). The van der Waals surface area contributed by atoms with E-state index in [-0.39, 0.29) is 11.3 Å². The summed E-state index contributed by atoms with van der Waals surface area (Å²) >= 11 is 7.35. The molecule has 26 heavy (non-hydrogen) atoms. The third-order valence-corrected chi connectivity index (χ3v) is 5.21. The molecule has 0 radical (unpaired) electrons. The maximum atomic E-state index is 12.4. The maximum Gasteiger partial charge on any atom is 0.277 e. The van der Waals surface area contributed by atoms with Crippen LogP contribution in [0.1, 0.15) is 26.7 Å². The van der Waals surface area contributed by atoms with Gasteiger partial charge in [-0.3, -0.25) is 4.79 Å². The molecule has 0 saturated carbocycles. The summed E-state index contributed by atoms with van der Waals surface area (Å²) in [7, 11) is 0. The van der Waals surface area contributed by atoms with Crippen LogP contribution in [0.3, 0.4) is 0 Å². The highest BCUT2D eigenvalue weighted by atomic mass is 35.5. The van der Waals surface area contributed by atoms with Crippen molar-refractivity contribution in [3.63, 3.8) is 0 Å². The van der Waals surface area contributed by atoms with Gasteiger partial charge in [-0.25, -0.2) is 0 Å². The first-order valence-corrected chi connectivity index (χ1v) is 9.94. The molecule has 2 heterocycles. The Labute approximate surface area is 162 Å². The van der Waals surface area contributed by atoms with Gasteiger partial charge in [0, 0.05) is 42.3 Å². The Kier molecular flexibility index (Phi) is 5.77. The fourth-order valence-electron chi connectivity index (χ4n) is 2.67. The van der Waals surface area contributed by atoms with E-state index in [1.807, 2.05) is 49.9 Å². The molecule has 1 amide bonds. The smallest absolute Gasteiger partial charge is 0.277 e. The summed E-state index contributed by atoms with van der Waals surface area (Å²) in [5.41, 5.74) is 0.909. The summed E-state index contributed by atoms with van der Waals surface area (Å²) in [5.74, 6) is 0.988. The summed E-state index contributed by atoms with van der Waals surface area (Å²) in [5, 5.41) is 9.24. The lowest BCUT2D eigenvalue weighted by molar-refractivity contribution is -0.128. The average molecular weight is 395 g/mol. The normalized spacial score (nSPS) is 15.4. The van der Waals surface area contributed by atoms with Crippen LogP contribution in [0.25, 0.3) is 0 Å². The predicted molar refractivity (Wildman–Crippen MR) is 104 cm³/mol. The summed E-state index contributed by atoms with van der Waals surface area (Å²) in [6.07, 6.45) is 0. The summed E-state index contributed by atoms with van der Waals surface area (Å²) in [4.78, 5) is 16.6. The molecule has 1 fully saturated rings. The largest absolute Gasteiger partial charge is 0.415 e. The predicted octanol–water partition coefficient (Wildman–Crippen LogP) is 3.46. The number of amides is 1. The van der Waals surface area contributed by atoms with Gasteiger partial charge >= 0.3 is 0 Å². The van der Waals surface area contributed by atoms with E-state index in [0.717, 1.165) is 23.8 Å². The number of rotatable bonds is 4. The minimum absolute atomic E-state index is 0.0938. The van der Waals surface area contributed by atoms with Gasteiger partial charge in [-0.05, 0) is 18.2 Å². The fraction of sp³-hybridized carbons (Fsp3) is 0.500. The lowest BCUT2D eigenvalue weighted by Crippen LogP contribution is -2.49. The van der Waals surface area contributed by atoms with Crippen LogP contribution in [0.4, 0.5) is 5.69 Å². The Morgan fingerprint density at radius 2 is 1.96 bits per heavy atom. The van der Waals surface area contributed by atoms with Gasteiger partial charge in [0.15, 0.2) is 0 Å². The van der Waals surface area contributed by atoms with Crippen molar-refractivity contribution in [2.45, 2.75) is 31.4 Å². The van der Waals surface area contributed by atoms with E-state index in [1.165, 1.54) is 11.8 Å². The van der Waals surface area contributed by atoms with Crippen LogP contribution in [0.15, 0.2) is 33.9 Å². The molecule has 8 heteroatoms. The SMILES string of the molecule is CC(C)(C)c1nnc(SCC(=O)N2CCN(c3cccc(Cl)c3)CC2)o1. The standard InChI is InChI=1S/C18H23ClN4O2S/c1-18(2,3)16-20-21-17(25-16)26-12-15(24)23-9-7-22(8-10-23)14-6-4-5-13(19)11-14/h4-6,11H,7-10,12H2,1-3H3. The Morgan fingerprint density at radius 3 is 2.58 bits per heavy atom. The third kappa shape index (κ3) is 4.71. The quantitative estimate of drug-likeness (QED) is 0.740. The number of aromatic nitrogens is 2. The Morgan fingerprint density at radius 1 is 1.23 bits per heavy atom. The highest BCUT2D eigenvalue weighted by Gasteiger charge is 2.24. The highest BCUT2D eigenvalue weighted by molar-refractivity contribution is 7.99. The van der Waals surface area contributed by atoms with Crippen molar-refractivity contribution in [3.8, 4) is 0 Å². The topological polar surface area (TPSA) is 62.5 Å². The van der Waals surface area contributed by atoms with E-state index in [1.54, 1.807) is 0 Å². The Bertz CT molecular complexity index is 767. The second-order valence-corrected chi connectivity index (χ2v) is 8.62. The molecule has 1 saturated heterocycles. The van der Waals surface area contributed by atoms with Crippen LogP contribution in [0.2, 0.25) is 5.02 Å². The fourth-order valence-corrected chi connectivity index (χ4v) is 3.52. The van der Waals surface area contributed by atoms with Gasteiger partial charge in [-0.1, -0.05) is 50.2 Å². The zero-order valence-corrected chi connectivity index (χ0v) is 16.8. The molecule has 0 unspecified atom stereocenters. The van der Waals surface area contributed by atoms with Crippen molar-refractivity contribution in [2.24, 2.45) is 0 Å². The molecule has 0 spiro atoms. The molecule has 1 aliphatic heterocycles. The average Bonchev–Trinajstić information content (AvgIpc) is 3.09. The Balaban J connectivity index is 1.49. The number of nitrogens with zero attached hydrogens (tertiary/aromatic N) is 4. The van der Waals surface area contributed by atoms with E-state index < -0.39 is 0 Å². The van der Waals surface area contributed by atoms with E-state index in [4.69, 9.17) is 16.0 Å². The van der Waals surface area contributed by atoms with E-state index >= 15 is 0 Å². The van der Waals surface area contributed by atoms with Gasteiger partial charge in [0.2, 0.25) is 11.8 Å². The van der Waals surface area contributed by atoms with Crippen LogP contribution in [0, 0.1) is 0 Å². The first-order valence-electron chi connectivity index (χ1n) is 8.58. The van der Waals surface area contributed by atoms with Crippen molar-refractivity contribution in [1.82, 2.24) is 15.1 Å². The number of hydrogen-bond acceptors (Lipinski definition) is 6. The molecule has 1 aromatic heterocycles. The van der Waals surface area contributed by atoms with E-state index in [9.17, 15) is 4.79 Å². The lowest BCUT2D eigenvalue weighted by Gasteiger charge is -2.36. The minimum atomic E-state index is -0.188. The molecule has 140 valence electrons. The lowest BCUT2D eigenvalue weighted by atomic mass is 9.97. The molecule has 2 aromatic rings. The number of piperazine rings is 1. The third-order valence-electron chi connectivity index (χ3n) is 4.17. The van der Waals surface area contributed by atoms with Gasteiger partial charge in [0.1, 0.15) is 0 Å². The van der Waals surface area contributed by atoms with Crippen molar-refractivity contribution in [2.75, 3.05) is 36.8 Å².